The molecule has 0 atom stereocenters. The SMILES string of the molecule is CCOC(=O)CN/N=C\c1ccc(OC)c(OC2CCCC2)c1. The minimum atomic E-state index is -0.329. The molecule has 0 bridgehead atoms. The Morgan fingerprint density at radius 1 is 1.35 bits per heavy atom. The third-order valence-electron chi connectivity index (χ3n) is 3.62. The van der Waals surface area contributed by atoms with Crippen LogP contribution in [0.2, 0.25) is 0 Å². The zero-order chi connectivity index (χ0) is 16.5. The van der Waals surface area contributed by atoms with Crippen molar-refractivity contribution in [3.05, 3.63) is 23.8 Å². The molecule has 0 spiro atoms. The van der Waals surface area contributed by atoms with E-state index in [-0.39, 0.29) is 18.6 Å². The van der Waals surface area contributed by atoms with Crippen LogP contribution < -0.4 is 14.9 Å². The smallest absolute Gasteiger partial charge is 0.327 e. The normalized spacial score (nSPS) is 14.9. The third-order valence-corrected chi connectivity index (χ3v) is 3.62. The van der Waals surface area contributed by atoms with E-state index in [1.54, 1.807) is 20.2 Å². The molecule has 0 radical (unpaired) electrons. The lowest BCUT2D eigenvalue weighted by Gasteiger charge is -2.16. The van der Waals surface area contributed by atoms with Crippen LogP contribution in [0.25, 0.3) is 0 Å². The van der Waals surface area contributed by atoms with Crippen LogP contribution >= 0.6 is 0 Å². The van der Waals surface area contributed by atoms with Gasteiger partial charge in [-0.1, -0.05) is 0 Å². The number of nitrogens with zero attached hydrogens (tertiary/aromatic N) is 1. The summed E-state index contributed by atoms with van der Waals surface area (Å²) in [4.78, 5) is 11.2. The Labute approximate surface area is 136 Å². The first kappa shape index (κ1) is 17.1. The van der Waals surface area contributed by atoms with Crippen molar-refractivity contribution < 1.29 is 19.0 Å². The predicted octanol–water partition coefficient (Wildman–Crippen LogP) is 2.50. The van der Waals surface area contributed by atoms with E-state index < -0.39 is 0 Å². The van der Waals surface area contributed by atoms with Gasteiger partial charge in [0.05, 0.1) is 26.0 Å². The molecule has 0 unspecified atom stereocenters. The topological polar surface area (TPSA) is 69.2 Å². The predicted molar refractivity (Wildman–Crippen MR) is 88.1 cm³/mol. The van der Waals surface area contributed by atoms with Crippen LogP contribution in [0.5, 0.6) is 11.5 Å². The average Bonchev–Trinajstić information content (AvgIpc) is 3.05. The monoisotopic (exact) mass is 320 g/mol. The number of esters is 1. The van der Waals surface area contributed by atoms with Crippen molar-refractivity contribution in [3.8, 4) is 11.5 Å². The minimum absolute atomic E-state index is 0.0475. The maximum absolute atomic E-state index is 11.2. The number of hydrazone groups is 1. The standard InChI is InChI=1S/C17H24N2O4/c1-3-22-17(20)12-19-18-11-13-8-9-15(21-2)16(10-13)23-14-6-4-5-7-14/h8-11,14,19H,3-7,12H2,1-2H3/b18-11-. The van der Waals surface area contributed by atoms with Gasteiger partial charge in [0.15, 0.2) is 11.5 Å². The van der Waals surface area contributed by atoms with Crippen molar-refractivity contribution in [2.75, 3.05) is 20.3 Å². The van der Waals surface area contributed by atoms with Gasteiger partial charge in [0.25, 0.3) is 0 Å². The molecule has 23 heavy (non-hydrogen) atoms. The average molecular weight is 320 g/mol. The Bertz CT molecular complexity index is 539. The molecule has 0 amide bonds. The maximum atomic E-state index is 11.2. The Hall–Kier alpha value is -2.24. The summed E-state index contributed by atoms with van der Waals surface area (Å²) in [6.07, 6.45) is 6.50. The molecule has 1 aromatic carbocycles. The summed E-state index contributed by atoms with van der Waals surface area (Å²) in [5, 5.41) is 4.02. The van der Waals surface area contributed by atoms with Gasteiger partial charge in [-0.05, 0) is 56.4 Å². The van der Waals surface area contributed by atoms with E-state index >= 15 is 0 Å². The number of carbonyl (C=O) groups is 1. The molecule has 126 valence electrons. The van der Waals surface area contributed by atoms with Crippen LogP contribution in [-0.4, -0.2) is 38.5 Å². The highest BCUT2D eigenvalue weighted by atomic mass is 16.5. The second kappa shape index (κ2) is 9.02. The summed E-state index contributed by atoms with van der Waals surface area (Å²) in [6.45, 7) is 2.18. The minimum Gasteiger partial charge on any atom is -0.493 e. The molecule has 6 heteroatoms. The van der Waals surface area contributed by atoms with Crippen LogP contribution in [0.15, 0.2) is 23.3 Å². The fourth-order valence-electron chi connectivity index (χ4n) is 2.49. The number of hydrogen-bond donors (Lipinski definition) is 1. The van der Waals surface area contributed by atoms with Crippen LogP contribution in [0.1, 0.15) is 38.2 Å². The molecular formula is C17H24N2O4. The largest absolute Gasteiger partial charge is 0.493 e. The Kier molecular flexibility index (Phi) is 6.72. The summed E-state index contributed by atoms with van der Waals surface area (Å²) in [6, 6.07) is 5.64. The van der Waals surface area contributed by atoms with Crippen molar-refractivity contribution in [1.29, 1.82) is 0 Å². The zero-order valence-electron chi connectivity index (χ0n) is 13.7. The van der Waals surface area contributed by atoms with Crippen molar-refractivity contribution >= 4 is 12.2 Å². The van der Waals surface area contributed by atoms with Gasteiger partial charge in [-0.3, -0.25) is 10.2 Å². The molecule has 0 heterocycles. The van der Waals surface area contributed by atoms with E-state index in [4.69, 9.17) is 14.2 Å². The van der Waals surface area contributed by atoms with Crippen molar-refractivity contribution in [2.45, 2.75) is 38.7 Å². The zero-order valence-corrected chi connectivity index (χ0v) is 13.7. The van der Waals surface area contributed by atoms with Gasteiger partial charge in [-0.15, -0.1) is 0 Å². The van der Waals surface area contributed by atoms with Gasteiger partial charge in [-0.25, -0.2) is 0 Å². The molecular weight excluding hydrogens is 296 g/mol. The van der Waals surface area contributed by atoms with Gasteiger partial charge in [0.1, 0.15) is 6.54 Å². The molecule has 0 aromatic heterocycles. The number of methoxy groups -OCH3 is 1. The number of hydrogen-bond acceptors (Lipinski definition) is 6. The molecule has 1 fully saturated rings. The summed E-state index contributed by atoms with van der Waals surface area (Å²) in [5.74, 6) is 1.12. The second-order valence-electron chi connectivity index (χ2n) is 5.33. The van der Waals surface area contributed by atoms with Gasteiger partial charge in [-0.2, -0.15) is 5.10 Å². The molecule has 6 nitrogen and oxygen atoms in total. The van der Waals surface area contributed by atoms with Crippen LogP contribution in [0.4, 0.5) is 0 Å². The lowest BCUT2D eigenvalue weighted by Crippen LogP contribution is -2.20. The van der Waals surface area contributed by atoms with Crippen molar-refractivity contribution in [2.24, 2.45) is 5.10 Å². The molecule has 1 aromatic rings. The fourth-order valence-corrected chi connectivity index (χ4v) is 2.49. The maximum Gasteiger partial charge on any atom is 0.327 e. The number of carbonyl (C=O) groups excluding carboxylic acids is 1. The van der Waals surface area contributed by atoms with Gasteiger partial charge in [0, 0.05) is 0 Å². The number of ether oxygens (including phenoxy) is 3. The molecule has 1 N–H and O–H groups in total. The van der Waals surface area contributed by atoms with E-state index in [0.717, 1.165) is 24.2 Å². The van der Waals surface area contributed by atoms with Crippen LogP contribution in [0.3, 0.4) is 0 Å². The lowest BCUT2D eigenvalue weighted by atomic mass is 10.2. The van der Waals surface area contributed by atoms with Crippen LogP contribution in [-0.2, 0) is 9.53 Å². The lowest BCUT2D eigenvalue weighted by molar-refractivity contribution is -0.141. The molecule has 1 saturated carbocycles. The highest BCUT2D eigenvalue weighted by Crippen LogP contribution is 2.32. The van der Waals surface area contributed by atoms with Crippen LogP contribution in [0, 0.1) is 0 Å². The second-order valence-corrected chi connectivity index (χ2v) is 5.33. The summed E-state index contributed by atoms with van der Waals surface area (Å²) < 4.78 is 16.2. The van der Waals surface area contributed by atoms with E-state index in [1.807, 2.05) is 18.2 Å². The number of nitrogens with one attached hydrogen (secondary N) is 1. The Balaban J connectivity index is 1.94. The molecule has 1 aliphatic carbocycles. The number of benzene rings is 1. The van der Waals surface area contributed by atoms with E-state index in [2.05, 4.69) is 10.5 Å². The van der Waals surface area contributed by atoms with E-state index in [9.17, 15) is 4.79 Å². The fraction of sp³-hybridized carbons (Fsp3) is 0.529. The summed E-state index contributed by atoms with van der Waals surface area (Å²) in [5.41, 5.74) is 3.53. The van der Waals surface area contributed by atoms with Gasteiger partial charge < -0.3 is 14.2 Å². The van der Waals surface area contributed by atoms with Crippen molar-refractivity contribution in [1.82, 2.24) is 5.43 Å². The highest BCUT2D eigenvalue weighted by molar-refractivity contribution is 5.81. The third kappa shape index (κ3) is 5.47. The van der Waals surface area contributed by atoms with Crippen molar-refractivity contribution in [3.63, 3.8) is 0 Å². The molecule has 0 aliphatic heterocycles. The Morgan fingerprint density at radius 3 is 2.83 bits per heavy atom. The highest BCUT2D eigenvalue weighted by Gasteiger charge is 2.18. The summed E-state index contributed by atoms with van der Waals surface area (Å²) in [7, 11) is 1.63. The van der Waals surface area contributed by atoms with E-state index in [1.165, 1.54) is 12.8 Å². The first-order valence-electron chi connectivity index (χ1n) is 7.99. The molecule has 1 aliphatic rings. The molecule has 2 rings (SSSR count). The van der Waals surface area contributed by atoms with Gasteiger partial charge >= 0.3 is 5.97 Å². The first-order valence-corrected chi connectivity index (χ1v) is 7.99. The molecule has 0 saturated heterocycles. The van der Waals surface area contributed by atoms with E-state index in [0.29, 0.717) is 12.4 Å². The summed E-state index contributed by atoms with van der Waals surface area (Å²) >= 11 is 0. The Morgan fingerprint density at radius 2 is 2.13 bits per heavy atom. The quantitative estimate of drug-likeness (QED) is 0.453. The first-order chi connectivity index (χ1) is 11.2. The van der Waals surface area contributed by atoms with Gasteiger partial charge in [0.2, 0.25) is 0 Å². The number of rotatable bonds is 8.